The van der Waals surface area contributed by atoms with E-state index in [9.17, 15) is 14.9 Å². The Balaban J connectivity index is 1.67. The van der Waals surface area contributed by atoms with Gasteiger partial charge in [-0.1, -0.05) is 23.7 Å². The summed E-state index contributed by atoms with van der Waals surface area (Å²) in [5.74, 6) is 0.447. The number of nitro groups is 1. The highest BCUT2D eigenvalue weighted by Gasteiger charge is 2.14. The summed E-state index contributed by atoms with van der Waals surface area (Å²) in [7, 11) is 0. The average molecular weight is 384 g/mol. The first-order valence-corrected chi connectivity index (χ1v) is 8.11. The van der Waals surface area contributed by atoms with Gasteiger partial charge in [0.1, 0.15) is 6.54 Å². The van der Waals surface area contributed by atoms with Crippen molar-refractivity contribution in [3.8, 4) is 11.5 Å². The van der Waals surface area contributed by atoms with Gasteiger partial charge < -0.3 is 4.42 Å². The molecule has 134 valence electrons. The highest BCUT2D eigenvalue weighted by atomic mass is 35.5. The summed E-state index contributed by atoms with van der Waals surface area (Å²) in [6, 6.07) is 10.9. The van der Waals surface area contributed by atoms with Crippen LogP contribution in [0.3, 0.4) is 0 Å². The van der Waals surface area contributed by atoms with Gasteiger partial charge in [-0.25, -0.2) is 4.98 Å². The van der Waals surface area contributed by atoms with Crippen LogP contribution in [-0.4, -0.2) is 24.7 Å². The van der Waals surface area contributed by atoms with Crippen LogP contribution in [0.1, 0.15) is 5.89 Å². The quantitative estimate of drug-likeness (QED) is 0.392. The van der Waals surface area contributed by atoms with Gasteiger partial charge in [0.15, 0.2) is 0 Å². The van der Waals surface area contributed by atoms with Crippen LogP contribution < -0.4 is 5.56 Å². The molecule has 0 saturated carbocycles. The van der Waals surface area contributed by atoms with Gasteiger partial charge in [-0.2, -0.15) is 0 Å². The first-order chi connectivity index (χ1) is 13.0. The van der Waals surface area contributed by atoms with Crippen molar-refractivity contribution in [2.75, 3.05) is 0 Å². The predicted molar refractivity (Wildman–Crippen MR) is 96.5 cm³/mol. The molecule has 10 heteroatoms. The first-order valence-electron chi connectivity index (χ1n) is 7.74. The molecule has 0 atom stereocenters. The van der Waals surface area contributed by atoms with E-state index in [-0.39, 0.29) is 40.5 Å². The Morgan fingerprint density at radius 1 is 1.19 bits per heavy atom. The van der Waals surface area contributed by atoms with Crippen molar-refractivity contribution in [3.63, 3.8) is 0 Å². The van der Waals surface area contributed by atoms with E-state index in [4.69, 9.17) is 16.0 Å². The van der Waals surface area contributed by atoms with Crippen molar-refractivity contribution in [1.29, 1.82) is 0 Å². The van der Waals surface area contributed by atoms with Crippen LogP contribution in [-0.2, 0) is 6.54 Å². The SMILES string of the molecule is O=c1c2ccc([N+](=O)[O-])cc2ncn1Cc1nnc(-c2ccccc2Cl)o1. The second kappa shape index (κ2) is 6.61. The highest BCUT2D eigenvalue weighted by molar-refractivity contribution is 6.33. The van der Waals surface area contributed by atoms with E-state index in [1.54, 1.807) is 24.3 Å². The number of hydrogen-bond acceptors (Lipinski definition) is 7. The van der Waals surface area contributed by atoms with Crippen molar-refractivity contribution in [3.05, 3.63) is 80.2 Å². The molecule has 2 aromatic carbocycles. The third kappa shape index (κ3) is 3.15. The molecule has 0 saturated heterocycles. The van der Waals surface area contributed by atoms with Crippen molar-refractivity contribution >= 4 is 28.2 Å². The molecule has 0 unspecified atom stereocenters. The number of benzene rings is 2. The van der Waals surface area contributed by atoms with E-state index in [1.165, 1.54) is 29.1 Å². The van der Waals surface area contributed by atoms with E-state index in [0.717, 1.165) is 0 Å². The Bertz CT molecular complexity index is 1230. The molecule has 0 spiro atoms. The molecule has 0 N–H and O–H groups in total. The number of halogens is 1. The van der Waals surface area contributed by atoms with Gasteiger partial charge in [-0.15, -0.1) is 10.2 Å². The van der Waals surface area contributed by atoms with Gasteiger partial charge in [0.25, 0.3) is 11.2 Å². The van der Waals surface area contributed by atoms with Crippen LogP contribution in [0.15, 0.2) is 58.0 Å². The molecule has 2 aromatic heterocycles. The van der Waals surface area contributed by atoms with Gasteiger partial charge in [0, 0.05) is 12.1 Å². The molecule has 0 aliphatic heterocycles. The molecule has 0 aliphatic rings. The first kappa shape index (κ1) is 16.9. The van der Waals surface area contributed by atoms with Crippen LogP contribution in [0.2, 0.25) is 5.02 Å². The summed E-state index contributed by atoms with van der Waals surface area (Å²) in [6.07, 6.45) is 1.29. The van der Waals surface area contributed by atoms with Crippen molar-refractivity contribution in [1.82, 2.24) is 19.7 Å². The van der Waals surface area contributed by atoms with E-state index < -0.39 is 4.92 Å². The fourth-order valence-corrected chi connectivity index (χ4v) is 2.80. The Hall–Kier alpha value is -3.59. The van der Waals surface area contributed by atoms with Crippen LogP contribution >= 0.6 is 11.6 Å². The molecular formula is C17H10ClN5O4. The topological polar surface area (TPSA) is 117 Å². The zero-order chi connectivity index (χ0) is 19.0. The maximum Gasteiger partial charge on any atom is 0.271 e. The molecule has 0 bridgehead atoms. The Labute approximate surface area is 156 Å². The lowest BCUT2D eigenvalue weighted by atomic mass is 10.2. The predicted octanol–water partition coefficient (Wildman–Crippen LogP) is 3.06. The molecular weight excluding hydrogens is 374 g/mol. The van der Waals surface area contributed by atoms with E-state index in [2.05, 4.69) is 15.2 Å². The van der Waals surface area contributed by atoms with Crippen LogP contribution in [0.25, 0.3) is 22.4 Å². The van der Waals surface area contributed by atoms with Gasteiger partial charge in [-0.3, -0.25) is 19.5 Å². The Morgan fingerprint density at radius 3 is 2.78 bits per heavy atom. The highest BCUT2D eigenvalue weighted by Crippen LogP contribution is 2.26. The van der Waals surface area contributed by atoms with E-state index in [0.29, 0.717) is 10.6 Å². The lowest BCUT2D eigenvalue weighted by Crippen LogP contribution is -2.21. The molecule has 9 nitrogen and oxygen atoms in total. The number of nitrogens with zero attached hydrogens (tertiary/aromatic N) is 5. The summed E-state index contributed by atoms with van der Waals surface area (Å²) in [5, 5.41) is 19.5. The zero-order valence-corrected chi connectivity index (χ0v) is 14.3. The second-order valence-corrected chi connectivity index (χ2v) is 6.02. The van der Waals surface area contributed by atoms with Crippen LogP contribution in [0.5, 0.6) is 0 Å². The van der Waals surface area contributed by atoms with Gasteiger partial charge >= 0.3 is 0 Å². The summed E-state index contributed by atoms with van der Waals surface area (Å²) < 4.78 is 6.88. The van der Waals surface area contributed by atoms with Gasteiger partial charge in [-0.05, 0) is 18.2 Å². The number of aromatic nitrogens is 4. The number of non-ortho nitro benzene ring substituents is 1. The molecule has 0 fully saturated rings. The molecule has 0 aliphatic carbocycles. The van der Waals surface area contributed by atoms with Crippen LogP contribution in [0, 0.1) is 10.1 Å². The standard InChI is InChI=1S/C17H10ClN5O4/c18-13-4-2-1-3-11(13)16-21-20-15(27-16)8-22-9-19-14-7-10(23(25)26)5-6-12(14)17(22)24/h1-7,9H,8H2. The Morgan fingerprint density at radius 2 is 2.00 bits per heavy atom. The van der Waals surface area contributed by atoms with E-state index in [1.807, 2.05) is 0 Å². The summed E-state index contributed by atoms with van der Waals surface area (Å²) in [6.45, 7) is 0.0101. The fraction of sp³-hybridized carbons (Fsp3) is 0.0588. The van der Waals surface area contributed by atoms with Gasteiger partial charge in [0.2, 0.25) is 11.8 Å². The zero-order valence-electron chi connectivity index (χ0n) is 13.6. The van der Waals surface area contributed by atoms with Crippen molar-refractivity contribution < 1.29 is 9.34 Å². The smallest absolute Gasteiger partial charge is 0.271 e. The second-order valence-electron chi connectivity index (χ2n) is 5.62. The maximum atomic E-state index is 12.6. The monoisotopic (exact) mass is 383 g/mol. The third-order valence-electron chi connectivity index (χ3n) is 3.90. The minimum Gasteiger partial charge on any atom is -0.419 e. The fourth-order valence-electron chi connectivity index (χ4n) is 2.58. The largest absolute Gasteiger partial charge is 0.419 e. The number of rotatable bonds is 4. The number of hydrogen-bond donors (Lipinski definition) is 0. The normalized spacial score (nSPS) is 11.0. The van der Waals surface area contributed by atoms with Crippen molar-refractivity contribution in [2.24, 2.45) is 0 Å². The summed E-state index contributed by atoms with van der Waals surface area (Å²) in [5.41, 5.74) is 0.336. The lowest BCUT2D eigenvalue weighted by Gasteiger charge is -2.03. The van der Waals surface area contributed by atoms with Crippen molar-refractivity contribution in [2.45, 2.75) is 6.54 Å². The lowest BCUT2D eigenvalue weighted by molar-refractivity contribution is -0.384. The molecule has 0 radical (unpaired) electrons. The van der Waals surface area contributed by atoms with Crippen LogP contribution in [0.4, 0.5) is 5.69 Å². The Kier molecular flexibility index (Phi) is 4.13. The number of fused-ring (bicyclic) bond motifs is 1. The van der Waals surface area contributed by atoms with Gasteiger partial charge in [0.05, 0.1) is 32.7 Å². The molecule has 4 aromatic rings. The molecule has 4 rings (SSSR count). The minimum atomic E-state index is -0.540. The maximum absolute atomic E-state index is 12.6. The molecule has 27 heavy (non-hydrogen) atoms. The molecule has 2 heterocycles. The molecule has 0 amide bonds. The summed E-state index contributed by atoms with van der Waals surface area (Å²) >= 11 is 6.11. The number of nitro benzene ring substituents is 1. The third-order valence-corrected chi connectivity index (χ3v) is 4.23. The average Bonchev–Trinajstić information content (AvgIpc) is 3.12. The minimum absolute atomic E-state index is 0.0101. The summed E-state index contributed by atoms with van der Waals surface area (Å²) in [4.78, 5) is 27.0. The van der Waals surface area contributed by atoms with E-state index >= 15 is 0 Å².